The minimum absolute atomic E-state index is 1.04. The van der Waals surface area contributed by atoms with E-state index in [2.05, 4.69) is 74.2 Å². The van der Waals surface area contributed by atoms with Gasteiger partial charge in [-0.2, -0.15) is 0 Å². The third-order valence-corrected chi connectivity index (χ3v) is 5.66. The monoisotopic (exact) mass is 292 g/mol. The van der Waals surface area contributed by atoms with Gasteiger partial charge in [-0.25, -0.2) is 0 Å². The van der Waals surface area contributed by atoms with Gasteiger partial charge in [0.25, 0.3) is 0 Å². The number of rotatable bonds is 3. The van der Waals surface area contributed by atoms with Gasteiger partial charge in [-0.15, -0.1) is 0 Å². The fourth-order valence-electron chi connectivity index (χ4n) is 2.73. The van der Waals surface area contributed by atoms with E-state index in [1.165, 1.54) is 16.3 Å². The first-order valence-corrected chi connectivity index (χ1v) is 10.8. The van der Waals surface area contributed by atoms with Gasteiger partial charge in [-0.3, -0.25) is 0 Å². The minimum Gasteiger partial charge on any atom is -0.464 e. The highest BCUT2D eigenvalue weighted by atomic mass is 28.3. The summed E-state index contributed by atoms with van der Waals surface area (Å²) in [6.45, 7) is 7.12. The van der Waals surface area contributed by atoms with Crippen LogP contribution in [0.1, 0.15) is 0 Å². The second kappa shape index (κ2) is 5.38. The van der Waals surface area contributed by atoms with E-state index in [0.717, 1.165) is 11.3 Å². The van der Waals surface area contributed by atoms with Crippen molar-refractivity contribution >= 4 is 13.3 Å². The Balaban J connectivity index is 2.23. The molecule has 0 bridgehead atoms. The zero-order chi connectivity index (χ0) is 14.9. The van der Waals surface area contributed by atoms with Gasteiger partial charge in [0.1, 0.15) is 5.76 Å². The molecule has 0 radical (unpaired) electrons. The average molecular weight is 292 g/mol. The van der Waals surface area contributed by atoms with Crippen molar-refractivity contribution in [1.29, 1.82) is 0 Å². The van der Waals surface area contributed by atoms with Crippen LogP contribution in [0.5, 0.6) is 0 Å². The van der Waals surface area contributed by atoms with Crippen molar-refractivity contribution in [2.75, 3.05) is 0 Å². The van der Waals surface area contributed by atoms with E-state index in [1.807, 2.05) is 12.3 Å². The molecule has 3 rings (SSSR count). The third kappa shape index (κ3) is 2.72. The summed E-state index contributed by atoms with van der Waals surface area (Å²) in [5, 5.41) is 1.40. The maximum absolute atomic E-state index is 6.00. The summed E-state index contributed by atoms with van der Waals surface area (Å²) < 4.78 is 6.00. The topological polar surface area (TPSA) is 13.1 Å². The normalized spacial score (nSPS) is 11.6. The second-order valence-corrected chi connectivity index (χ2v) is 11.3. The molecule has 21 heavy (non-hydrogen) atoms. The van der Waals surface area contributed by atoms with Crippen molar-refractivity contribution in [2.24, 2.45) is 0 Å². The summed E-state index contributed by atoms with van der Waals surface area (Å²) in [5.74, 6) is 1.04. The van der Waals surface area contributed by atoms with Crippen molar-refractivity contribution < 1.29 is 4.42 Å². The zero-order valence-electron chi connectivity index (χ0n) is 12.8. The molecular weight excluding hydrogens is 272 g/mol. The van der Waals surface area contributed by atoms with E-state index in [4.69, 9.17) is 4.42 Å². The van der Waals surface area contributed by atoms with Crippen LogP contribution in [0.25, 0.3) is 22.5 Å². The summed E-state index contributed by atoms with van der Waals surface area (Å²) in [6.07, 6.45) is 1.92. The molecule has 0 aliphatic carbocycles. The Bertz CT molecular complexity index is 664. The van der Waals surface area contributed by atoms with E-state index < -0.39 is 8.07 Å². The second-order valence-electron chi connectivity index (χ2n) is 6.34. The van der Waals surface area contributed by atoms with Crippen LogP contribution in [0.2, 0.25) is 19.6 Å². The van der Waals surface area contributed by atoms with Crippen molar-refractivity contribution in [3.05, 3.63) is 66.9 Å². The smallest absolute Gasteiger partial charge is 0.133 e. The highest BCUT2D eigenvalue weighted by Crippen LogP contribution is 2.29. The van der Waals surface area contributed by atoms with Gasteiger partial charge in [-0.1, -0.05) is 80.3 Å². The zero-order valence-corrected chi connectivity index (χ0v) is 13.8. The number of furan rings is 1. The predicted octanol–water partition coefficient (Wildman–Crippen LogP) is 5.16. The van der Waals surface area contributed by atoms with Gasteiger partial charge in [-0.05, 0) is 10.8 Å². The summed E-state index contributed by atoms with van der Waals surface area (Å²) >= 11 is 0. The number of benzene rings is 2. The van der Waals surface area contributed by atoms with Crippen LogP contribution in [-0.4, -0.2) is 8.07 Å². The van der Waals surface area contributed by atoms with Gasteiger partial charge in [0.15, 0.2) is 0 Å². The molecular formula is C19H20OSi. The lowest BCUT2D eigenvalue weighted by Gasteiger charge is -2.19. The molecule has 0 amide bonds. The van der Waals surface area contributed by atoms with E-state index in [1.54, 1.807) is 0 Å². The van der Waals surface area contributed by atoms with Crippen LogP contribution >= 0.6 is 0 Å². The van der Waals surface area contributed by atoms with E-state index in [0.29, 0.717) is 0 Å². The largest absolute Gasteiger partial charge is 0.464 e. The molecule has 0 aliphatic heterocycles. The highest BCUT2D eigenvalue weighted by molar-refractivity contribution is 6.90. The van der Waals surface area contributed by atoms with Crippen LogP contribution in [0.4, 0.5) is 0 Å². The van der Waals surface area contributed by atoms with E-state index in [-0.39, 0.29) is 0 Å². The standard InChI is InChI=1S/C19H20OSi/c1-21(2,3)19-17(15-10-6-4-7-11-15)14-20-18(19)16-12-8-5-9-13-16/h4-14H,1-3H3. The van der Waals surface area contributed by atoms with Gasteiger partial charge in [0.05, 0.1) is 14.3 Å². The molecule has 0 N–H and O–H groups in total. The predicted molar refractivity (Wildman–Crippen MR) is 92.6 cm³/mol. The van der Waals surface area contributed by atoms with Crippen LogP contribution in [0, 0.1) is 0 Å². The molecule has 0 spiro atoms. The first-order valence-electron chi connectivity index (χ1n) is 7.30. The lowest BCUT2D eigenvalue weighted by molar-refractivity contribution is 0.584. The minimum atomic E-state index is -1.53. The van der Waals surface area contributed by atoms with Gasteiger partial charge < -0.3 is 4.42 Å². The molecule has 1 nitrogen and oxygen atoms in total. The first kappa shape index (κ1) is 13.9. The summed E-state index contributed by atoms with van der Waals surface area (Å²) in [5.41, 5.74) is 3.64. The molecule has 0 saturated carbocycles. The maximum atomic E-state index is 6.00. The Kier molecular flexibility index (Phi) is 3.56. The van der Waals surface area contributed by atoms with Crippen LogP contribution < -0.4 is 5.19 Å². The SMILES string of the molecule is C[Si](C)(C)c1c(-c2ccccc2)coc1-c1ccccc1. The van der Waals surface area contributed by atoms with E-state index in [9.17, 15) is 0 Å². The van der Waals surface area contributed by atoms with Gasteiger partial charge in [0, 0.05) is 11.1 Å². The molecule has 2 aromatic carbocycles. The molecule has 1 aromatic heterocycles. The van der Waals surface area contributed by atoms with E-state index >= 15 is 0 Å². The molecule has 0 unspecified atom stereocenters. The molecule has 1 heterocycles. The van der Waals surface area contributed by atoms with Crippen molar-refractivity contribution in [3.8, 4) is 22.5 Å². The first-order chi connectivity index (χ1) is 10.1. The van der Waals surface area contributed by atoms with Gasteiger partial charge >= 0.3 is 0 Å². The highest BCUT2D eigenvalue weighted by Gasteiger charge is 2.28. The Morgan fingerprint density at radius 2 is 1.24 bits per heavy atom. The lowest BCUT2D eigenvalue weighted by Crippen LogP contribution is -2.39. The van der Waals surface area contributed by atoms with Crippen LogP contribution in [0.15, 0.2) is 71.3 Å². The molecule has 106 valence electrons. The summed E-state index contributed by atoms with van der Waals surface area (Å²) in [7, 11) is -1.53. The van der Waals surface area contributed by atoms with Crippen molar-refractivity contribution in [2.45, 2.75) is 19.6 Å². The Morgan fingerprint density at radius 3 is 1.76 bits per heavy atom. The Hall–Kier alpha value is -2.06. The molecule has 0 fully saturated rings. The van der Waals surface area contributed by atoms with Crippen LogP contribution in [-0.2, 0) is 0 Å². The molecule has 3 aromatic rings. The molecule has 0 aliphatic rings. The third-order valence-electron chi connectivity index (χ3n) is 3.66. The van der Waals surface area contributed by atoms with Gasteiger partial charge in [0.2, 0.25) is 0 Å². The average Bonchev–Trinajstić information content (AvgIpc) is 2.94. The quantitative estimate of drug-likeness (QED) is 0.608. The van der Waals surface area contributed by atoms with Crippen molar-refractivity contribution in [1.82, 2.24) is 0 Å². The molecule has 2 heteroatoms. The number of hydrogen-bond donors (Lipinski definition) is 0. The van der Waals surface area contributed by atoms with Crippen molar-refractivity contribution in [3.63, 3.8) is 0 Å². The molecule has 0 saturated heterocycles. The maximum Gasteiger partial charge on any atom is 0.133 e. The summed E-state index contributed by atoms with van der Waals surface area (Å²) in [4.78, 5) is 0. The molecule has 0 atom stereocenters. The lowest BCUT2D eigenvalue weighted by atomic mass is 10.1. The fourth-order valence-corrected chi connectivity index (χ4v) is 4.63. The Morgan fingerprint density at radius 1 is 0.714 bits per heavy atom. The fraction of sp³-hybridized carbons (Fsp3) is 0.158. The number of hydrogen-bond acceptors (Lipinski definition) is 1. The van der Waals surface area contributed by atoms with Crippen LogP contribution in [0.3, 0.4) is 0 Å². The Labute approximate surface area is 127 Å². The summed E-state index contributed by atoms with van der Waals surface area (Å²) in [6, 6.07) is 20.9.